The maximum Gasteiger partial charge on any atom is 0.312 e. The number of hydrogen-bond donors (Lipinski definition) is 1. The topological polar surface area (TPSA) is 75.7 Å². The summed E-state index contributed by atoms with van der Waals surface area (Å²) in [7, 11) is 0. The molecule has 134 valence electrons. The average Bonchev–Trinajstić information content (AvgIpc) is 3.33. The standard InChI is InChI=1S/C19H24N2O4/c1-12(14-6-4-3-5-7-14)21-11-15(10-17(21)22)19(24)25-13(2)18(23)20-16-8-9-16/h3-7,12-13,15-16H,8-11H2,1-2H3,(H,20,23)/t12-,13+,15+/m1/s1. The van der Waals surface area contributed by atoms with Crippen molar-refractivity contribution < 1.29 is 19.1 Å². The molecule has 1 heterocycles. The maximum absolute atomic E-state index is 12.3. The number of carbonyl (C=O) groups excluding carboxylic acids is 3. The van der Waals surface area contributed by atoms with Crippen molar-refractivity contribution in [2.24, 2.45) is 5.92 Å². The molecule has 1 aromatic rings. The highest BCUT2D eigenvalue weighted by Crippen LogP contribution is 2.29. The zero-order valence-electron chi connectivity index (χ0n) is 14.6. The number of esters is 1. The van der Waals surface area contributed by atoms with Crippen LogP contribution in [0.15, 0.2) is 30.3 Å². The van der Waals surface area contributed by atoms with Gasteiger partial charge in [0.05, 0.1) is 12.0 Å². The van der Waals surface area contributed by atoms with Gasteiger partial charge in [0.25, 0.3) is 5.91 Å². The van der Waals surface area contributed by atoms with Crippen LogP contribution < -0.4 is 5.32 Å². The molecule has 6 heteroatoms. The highest BCUT2D eigenvalue weighted by atomic mass is 16.5. The van der Waals surface area contributed by atoms with Gasteiger partial charge in [-0.1, -0.05) is 30.3 Å². The number of amides is 2. The number of ether oxygens (including phenoxy) is 1. The normalized spacial score (nSPS) is 22.4. The molecule has 0 aromatic heterocycles. The first-order valence-corrected chi connectivity index (χ1v) is 8.81. The van der Waals surface area contributed by atoms with Crippen molar-refractivity contribution in [1.29, 1.82) is 0 Å². The molecule has 6 nitrogen and oxygen atoms in total. The molecule has 0 spiro atoms. The van der Waals surface area contributed by atoms with Crippen molar-refractivity contribution in [3.05, 3.63) is 35.9 Å². The Kier molecular flexibility index (Phi) is 5.06. The van der Waals surface area contributed by atoms with Crippen LogP contribution in [0.25, 0.3) is 0 Å². The number of hydrogen-bond acceptors (Lipinski definition) is 4. The van der Waals surface area contributed by atoms with Crippen molar-refractivity contribution in [3.8, 4) is 0 Å². The maximum atomic E-state index is 12.3. The average molecular weight is 344 g/mol. The first-order chi connectivity index (χ1) is 12.0. The Balaban J connectivity index is 1.56. The fourth-order valence-corrected chi connectivity index (χ4v) is 3.05. The van der Waals surface area contributed by atoms with Gasteiger partial charge in [-0.2, -0.15) is 0 Å². The minimum absolute atomic E-state index is 0.0617. The van der Waals surface area contributed by atoms with Crippen LogP contribution in [0.2, 0.25) is 0 Å². The summed E-state index contributed by atoms with van der Waals surface area (Å²) >= 11 is 0. The molecule has 0 bridgehead atoms. The second-order valence-corrected chi connectivity index (χ2v) is 6.90. The highest BCUT2D eigenvalue weighted by molar-refractivity contribution is 5.89. The van der Waals surface area contributed by atoms with E-state index in [1.54, 1.807) is 11.8 Å². The molecule has 1 saturated heterocycles. The monoisotopic (exact) mass is 344 g/mol. The third kappa shape index (κ3) is 4.18. The Labute approximate surface area is 147 Å². The predicted molar refractivity (Wildman–Crippen MR) is 91.4 cm³/mol. The number of nitrogens with one attached hydrogen (secondary N) is 1. The molecule has 1 aliphatic carbocycles. The van der Waals surface area contributed by atoms with Gasteiger partial charge >= 0.3 is 5.97 Å². The van der Waals surface area contributed by atoms with E-state index in [1.165, 1.54) is 0 Å². The Bertz CT molecular complexity index is 657. The smallest absolute Gasteiger partial charge is 0.312 e. The van der Waals surface area contributed by atoms with E-state index in [4.69, 9.17) is 4.74 Å². The lowest BCUT2D eigenvalue weighted by molar-refractivity contribution is -0.158. The summed E-state index contributed by atoms with van der Waals surface area (Å²) in [5.41, 5.74) is 1.03. The van der Waals surface area contributed by atoms with E-state index in [1.807, 2.05) is 37.3 Å². The molecular weight excluding hydrogens is 320 g/mol. The van der Waals surface area contributed by atoms with Crippen molar-refractivity contribution in [3.63, 3.8) is 0 Å². The molecule has 2 fully saturated rings. The van der Waals surface area contributed by atoms with Gasteiger partial charge in [0.15, 0.2) is 6.10 Å². The largest absolute Gasteiger partial charge is 0.452 e. The van der Waals surface area contributed by atoms with Gasteiger partial charge in [-0.25, -0.2) is 0 Å². The highest BCUT2D eigenvalue weighted by Gasteiger charge is 2.39. The molecule has 1 aliphatic heterocycles. The fraction of sp³-hybridized carbons (Fsp3) is 0.526. The summed E-state index contributed by atoms with van der Waals surface area (Å²) in [5, 5.41) is 2.81. The lowest BCUT2D eigenvalue weighted by atomic mass is 10.1. The van der Waals surface area contributed by atoms with Gasteiger partial charge in [-0.15, -0.1) is 0 Å². The molecule has 0 radical (unpaired) electrons. The molecule has 25 heavy (non-hydrogen) atoms. The van der Waals surface area contributed by atoms with E-state index < -0.39 is 18.0 Å². The second-order valence-electron chi connectivity index (χ2n) is 6.90. The van der Waals surface area contributed by atoms with Gasteiger partial charge in [0.1, 0.15) is 0 Å². The number of rotatable bonds is 6. The van der Waals surface area contributed by atoms with Crippen LogP contribution in [0, 0.1) is 5.92 Å². The Morgan fingerprint density at radius 3 is 2.52 bits per heavy atom. The lowest BCUT2D eigenvalue weighted by Gasteiger charge is -2.25. The van der Waals surface area contributed by atoms with E-state index in [2.05, 4.69) is 5.32 Å². The molecule has 2 amide bonds. The minimum Gasteiger partial charge on any atom is -0.452 e. The molecule has 1 saturated carbocycles. The summed E-state index contributed by atoms with van der Waals surface area (Å²) < 4.78 is 5.28. The van der Waals surface area contributed by atoms with Gasteiger partial charge < -0.3 is 15.0 Å². The van der Waals surface area contributed by atoms with Crippen LogP contribution in [0.5, 0.6) is 0 Å². The summed E-state index contributed by atoms with van der Waals surface area (Å²) in [5.74, 6) is -1.33. The van der Waals surface area contributed by atoms with Crippen LogP contribution in [-0.2, 0) is 19.1 Å². The van der Waals surface area contributed by atoms with Gasteiger partial charge in [0, 0.05) is 19.0 Å². The van der Waals surface area contributed by atoms with E-state index in [0.29, 0.717) is 6.54 Å². The fourth-order valence-electron chi connectivity index (χ4n) is 3.05. The van der Waals surface area contributed by atoms with E-state index >= 15 is 0 Å². The van der Waals surface area contributed by atoms with E-state index in [9.17, 15) is 14.4 Å². The van der Waals surface area contributed by atoms with E-state index in [-0.39, 0.29) is 30.3 Å². The Hall–Kier alpha value is -2.37. The zero-order valence-corrected chi connectivity index (χ0v) is 14.6. The minimum atomic E-state index is -0.830. The lowest BCUT2D eigenvalue weighted by Crippen LogP contribution is -2.38. The molecule has 3 rings (SSSR count). The SMILES string of the molecule is C[C@H](OC(=O)[C@H]1CC(=O)N([C@H](C)c2ccccc2)C1)C(=O)NC1CC1. The van der Waals surface area contributed by atoms with Gasteiger partial charge in [0.2, 0.25) is 5.91 Å². The predicted octanol–water partition coefficient (Wildman–Crippen LogP) is 1.81. The van der Waals surface area contributed by atoms with Crippen LogP contribution in [0.3, 0.4) is 0 Å². The first kappa shape index (κ1) is 17.5. The Morgan fingerprint density at radius 1 is 1.20 bits per heavy atom. The second kappa shape index (κ2) is 7.25. The molecule has 0 unspecified atom stereocenters. The van der Waals surface area contributed by atoms with Crippen LogP contribution in [0.1, 0.15) is 44.7 Å². The summed E-state index contributed by atoms with van der Waals surface area (Å²) in [6.07, 6.45) is 1.27. The van der Waals surface area contributed by atoms with Gasteiger partial charge in [-0.05, 0) is 32.3 Å². The van der Waals surface area contributed by atoms with E-state index in [0.717, 1.165) is 18.4 Å². The summed E-state index contributed by atoms with van der Waals surface area (Å²) in [6.45, 7) is 3.84. The van der Waals surface area contributed by atoms with Crippen LogP contribution in [-0.4, -0.2) is 41.4 Å². The third-order valence-electron chi connectivity index (χ3n) is 4.83. The number of nitrogens with zero attached hydrogens (tertiary/aromatic N) is 1. The van der Waals surface area contributed by atoms with Crippen molar-refractivity contribution in [2.75, 3.05) is 6.54 Å². The van der Waals surface area contributed by atoms with Crippen molar-refractivity contribution >= 4 is 17.8 Å². The zero-order chi connectivity index (χ0) is 18.0. The quantitative estimate of drug-likeness (QED) is 0.799. The van der Waals surface area contributed by atoms with Gasteiger partial charge in [-0.3, -0.25) is 14.4 Å². The van der Waals surface area contributed by atoms with Crippen molar-refractivity contribution in [1.82, 2.24) is 10.2 Å². The number of carbonyl (C=O) groups is 3. The van der Waals surface area contributed by atoms with Crippen LogP contribution in [0.4, 0.5) is 0 Å². The number of benzene rings is 1. The van der Waals surface area contributed by atoms with Crippen LogP contribution >= 0.6 is 0 Å². The molecule has 3 atom stereocenters. The summed E-state index contributed by atoms with van der Waals surface area (Å²) in [6, 6.07) is 9.85. The van der Waals surface area contributed by atoms with Crippen molar-refractivity contribution in [2.45, 2.75) is 51.3 Å². The first-order valence-electron chi connectivity index (χ1n) is 8.81. The molecule has 1 N–H and O–H groups in total. The summed E-state index contributed by atoms with van der Waals surface area (Å²) in [4.78, 5) is 38.3. The molecule has 2 aliphatic rings. The molecule has 1 aromatic carbocycles. The number of likely N-dealkylation sites (tertiary alicyclic amines) is 1. The Morgan fingerprint density at radius 2 is 1.88 bits per heavy atom. The molecular formula is C19H24N2O4. The third-order valence-corrected chi connectivity index (χ3v) is 4.83.